The molecule has 0 radical (unpaired) electrons. The van der Waals surface area contributed by atoms with Crippen molar-refractivity contribution in [3.63, 3.8) is 0 Å². The summed E-state index contributed by atoms with van der Waals surface area (Å²) in [5.41, 5.74) is 2.06. The summed E-state index contributed by atoms with van der Waals surface area (Å²) in [6.45, 7) is 9.38. The molecule has 0 spiro atoms. The van der Waals surface area contributed by atoms with E-state index in [0.717, 1.165) is 5.69 Å². The van der Waals surface area contributed by atoms with Crippen LogP contribution >= 0.6 is 11.6 Å². The maximum absolute atomic E-state index is 11.1. The summed E-state index contributed by atoms with van der Waals surface area (Å²) in [7, 11) is 0. The van der Waals surface area contributed by atoms with E-state index in [-0.39, 0.29) is 6.42 Å². The monoisotopic (exact) mass is 319 g/mol. The number of aromatic nitrogens is 2. The molecule has 2 aromatic heterocycles. The van der Waals surface area contributed by atoms with E-state index in [2.05, 4.69) is 23.0 Å². The van der Waals surface area contributed by atoms with Crippen molar-refractivity contribution in [3.05, 3.63) is 60.0 Å². The summed E-state index contributed by atoms with van der Waals surface area (Å²) >= 11 is 6.05. The minimum atomic E-state index is -0.908. The van der Waals surface area contributed by atoms with Crippen LogP contribution in [0.15, 0.2) is 43.6 Å². The fraction of sp³-hybridized carbons (Fsp3) is 0.250. The van der Waals surface area contributed by atoms with Gasteiger partial charge in [-0.15, -0.1) is 13.2 Å². The number of carbonyl (C=O) groups is 1. The van der Waals surface area contributed by atoms with E-state index in [9.17, 15) is 4.79 Å². The molecule has 22 heavy (non-hydrogen) atoms. The number of pyridine rings is 1. The Balaban J connectivity index is 2.46. The standard InChI is InChI=1S/C16H18ClN3O2/c1-3-7-19(8-4-2)11-14-13(9-16(21)22)18-15-6-5-12(17)10-20(14)15/h3-6,10H,1-2,7-9,11H2,(H,21,22). The number of imidazole rings is 1. The number of carboxylic acids is 1. The Hall–Kier alpha value is -2.11. The van der Waals surface area contributed by atoms with Gasteiger partial charge in [-0.25, -0.2) is 4.98 Å². The Morgan fingerprint density at radius 2 is 2.05 bits per heavy atom. The molecule has 0 bridgehead atoms. The Bertz CT molecular complexity index is 699. The van der Waals surface area contributed by atoms with Crippen LogP contribution in [0.5, 0.6) is 0 Å². The van der Waals surface area contributed by atoms with Crippen LogP contribution in [0, 0.1) is 0 Å². The van der Waals surface area contributed by atoms with Crippen LogP contribution < -0.4 is 0 Å². The van der Waals surface area contributed by atoms with Gasteiger partial charge in [0.25, 0.3) is 0 Å². The van der Waals surface area contributed by atoms with E-state index in [1.54, 1.807) is 30.5 Å². The molecule has 2 rings (SSSR count). The molecule has 116 valence electrons. The number of rotatable bonds is 8. The summed E-state index contributed by atoms with van der Waals surface area (Å²) in [5.74, 6) is -0.908. The van der Waals surface area contributed by atoms with Crippen LogP contribution in [-0.4, -0.2) is 38.4 Å². The van der Waals surface area contributed by atoms with E-state index >= 15 is 0 Å². The Morgan fingerprint density at radius 1 is 1.36 bits per heavy atom. The van der Waals surface area contributed by atoms with Gasteiger partial charge in [-0.2, -0.15) is 0 Å². The highest BCUT2D eigenvalue weighted by atomic mass is 35.5. The average Bonchev–Trinajstić information content (AvgIpc) is 2.76. The topological polar surface area (TPSA) is 57.8 Å². The fourth-order valence-electron chi connectivity index (χ4n) is 2.35. The van der Waals surface area contributed by atoms with Gasteiger partial charge in [0.15, 0.2) is 0 Å². The van der Waals surface area contributed by atoms with Crippen molar-refractivity contribution in [2.75, 3.05) is 13.1 Å². The predicted octanol–water partition coefficient (Wildman–Crippen LogP) is 2.79. The normalized spacial score (nSPS) is 11.0. The lowest BCUT2D eigenvalue weighted by atomic mass is 10.2. The lowest BCUT2D eigenvalue weighted by molar-refractivity contribution is -0.136. The van der Waals surface area contributed by atoms with Crippen LogP contribution in [0.25, 0.3) is 5.65 Å². The van der Waals surface area contributed by atoms with E-state index < -0.39 is 5.97 Å². The first-order valence-corrected chi connectivity index (χ1v) is 7.24. The van der Waals surface area contributed by atoms with Gasteiger partial charge < -0.3 is 9.51 Å². The smallest absolute Gasteiger partial charge is 0.309 e. The first-order chi connectivity index (χ1) is 10.5. The third-order valence-corrected chi connectivity index (χ3v) is 3.45. The number of nitrogens with zero attached hydrogens (tertiary/aromatic N) is 3. The highest BCUT2D eigenvalue weighted by Crippen LogP contribution is 2.19. The highest BCUT2D eigenvalue weighted by molar-refractivity contribution is 6.30. The van der Waals surface area contributed by atoms with Crippen molar-refractivity contribution in [1.82, 2.24) is 14.3 Å². The number of hydrogen-bond donors (Lipinski definition) is 1. The van der Waals surface area contributed by atoms with Gasteiger partial charge in [0.1, 0.15) is 5.65 Å². The van der Waals surface area contributed by atoms with Crippen molar-refractivity contribution in [1.29, 1.82) is 0 Å². The Morgan fingerprint density at radius 3 is 2.64 bits per heavy atom. The second-order valence-corrected chi connectivity index (χ2v) is 5.36. The van der Waals surface area contributed by atoms with Gasteiger partial charge in [-0.05, 0) is 12.1 Å². The van der Waals surface area contributed by atoms with Crippen LogP contribution in [0.2, 0.25) is 5.02 Å². The molecule has 0 unspecified atom stereocenters. The molecular weight excluding hydrogens is 302 g/mol. The number of carboxylic acid groups (broad SMARTS) is 1. The molecule has 0 amide bonds. The third kappa shape index (κ3) is 3.75. The molecule has 0 aliphatic rings. The zero-order chi connectivity index (χ0) is 16.1. The zero-order valence-electron chi connectivity index (χ0n) is 12.2. The Kier molecular flexibility index (Phi) is 5.35. The number of fused-ring (bicyclic) bond motifs is 1. The van der Waals surface area contributed by atoms with E-state index in [1.165, 1.54) is 0 Å². The fourth-order valence-corrected chi connectivity index (χ4v) is 2.51. The first-order valence-electron chi connectivity index (χ1n) is 6.86. The summed E-state index contributed by atoms with van der Waals surface area (Å²) < 4.78 is 1.85. The summed E-state index contributed by atoms with van der Waals surface area (Å²) in [4.78, 5) is 17.6. The van der Waals surface area contributed by atoms with E-state index in [1.807, 2.05) is 4.40 Å². The summed E-state index contributed by atoms with van der Waals surface area (Å²) in [5, 5.41) is 9.67. The van der Waals surface area contributed by atoms with Gasteiger partial charge >= 0.3 is 5.97 Å². The molecule has 1 N–H and O–H groups in total. The van der Waals surface area contributed by atoms with Crippen molar-refractivity contribution in [2.24, 2.45) is 0 Å². The van der Waals surface area contributed by atoms with Crippen LogP contribution in [0.1, 0.15) is 11.4 Å². The molecule has 2 aromatic rings. The van der Waals surface area contributed by atoms with Crippen molar-refractivity contribution in [3.8, 4) is 0 Å². The number of halogens is 1. The minimum Gasteiger partial charge on any atom is -0.481 e. The summed E-state index contributed by atoms with van der Waals surface area (Å²) in [6, 6.07) is 3.52. The lowest BCUT2D eigenvalue weighted by Gasteiger charge is -2.19. The molecule has 0 aliphatic carbocycles. The molecule has 0 saturated carbocycles. The van der Waals surface area contributed by atoms with Crippen molar-refractivity contribution in [2.45, 2.75) is 13.0 Å². The minimum absolute atomic E-state index is 0.120. The maximum Gasteiger partial charge on any atom is 0.309 e. The van der Waals surface area contributed by atoms with Gasteiger partial charge in [0.2, 0.25) is 0 Å². The van der Waals surface area contributed by atoms with Gasteiger partial charge in [0.05, 0.1) is 22.8 Å². The molecule has 6 heteroatoms. The summed E-state index contributed by atoms with van der Waals surface area (Å²) in [6.07, 6.45) is 5.24. The second-order valence-electron chi connectivity index (χ2n) is 4.92. The maximum atomic E-state index is 11.1. The van der Waals surface area contributed by atoms with Crippen molar-refractivity contribution < 1.29 is 9.90 Å². The van der Waals surface area contributed by atoms with E-state index in [4.69, 9.17) is 16.7 Å². The van der Waals surface area contributed by atoms with Crippen LogP contribution in [0.4, 0.5) is 0 Å². The zero-order valence-corrected chi connectivity index (χ0v) is 13.0. The van der Waals surface area contributed by atoms with Gasteiger partial charge in [0, 0.05) is 25.8 Å². The molecule has 5 nitrogen and oxygen atoms in total. The molecule has 0 saturated heterocycles. The van der Waals surface area contributed by atoms with Crippen molar-refractivity contribution >= 4 is 23.2 Å². The molecule has 2 heterocycles. The molecule has 0 fully saturated rings. The lowest BCUT2D eigenvalue weighted by Crippen LogP contribution is -2.25. The molecule has 0 aromatic carbocycles. The quantitative estimate of drug-likeness (QED) is 0.760. The highest BCUT2D eigenvalue weighted by Gasteiger charge is 2.17. The molecule has 0 atom stereocenters. The van der Waals surface area contributed by atoms with Gasteiger partial charge in [-0.3, -0.25) is 9.69 Å². The second kappa shape index (κ2) is 7.24. The molecular formula is C16H18ClN3O2. The van der Waals surface area contributed by atoms with E-state index in [0.29, 0.717) is 36.0 Å². The largest absolute Gasteiger partial charge is 0.481 e. The van der Waals surface area contributed by atoms with Gasteiger partial charge in [-0.1, -0.05) is 23.8 Å². The average molecular weight is 320 g/mol. The number of aliphatic carboxylic acids is 1. The Labute approximate surface area is 134 Å². The van der Waals surface area contributed by atoms with Crippen LogP contribution in [-0.2, 0) is 17.8 Å². The first kappa shape index (κ1) is 16.3. The SMILES string of the molecule is C=CCN(CC=C)Cc1c(CC(=O)O)nc2ccc(Cl)cn12. The molecule has 0 aliphatic heterocycles. The number of hydrogen-bond acceptors (Lipinski definition) is 3. The third-order valence-electron chi connectivity index (χ3n) is 3.23. The van der Waals surface area contributed by atoms with Crippen LogP contribution in [0.3, 0.4) is 0 Å². The predicted molar refractivity (Wildman–Crippen MR) is 87.2 cm³/mol.